The standard InChI is InChI=1S/C35H44F2N4O4/c1-21-16-26(36)17-24-11-9-7-6-8-10-12-30(41-20-27(13-14-40(4)5)38-23(3)35(41)45)34(44)39-29(19-31(42)43)28-18-25(32(21)24)15-22(2)33(28)37/h15-18,20,29-30H,6-14,19H2,1-5H3,(H,39,44)(H,42,43)/t29-,30-/m0/s1. The van der Waals surface area contributed by atoms with Crippen LogP contribution in [0.1, 0.15) is 90.7 Å². The highest BCUT2D eigenvalue weighted by molar-refractivity contribution is 5.82. The van der Waals surface area contributed by atoms with Crippen molar-refractivity contribution >= 4 is 11.9 Å². The number of carboxylic acid groups (broad SMARTS) is 1. The van der Waals surface area contributed by atoms with Gasteiger partial charge < -0.3 is 15.3 Å². The molecule has 2 heterocycles. The van der Waals surface area contributed by atoms with Gasteiger partial charge in [0.15, 0.2) is 0 Å². The molecule has 0 spiro atoms. The fraction of sp³-hybridized carbons (Fsp3) is 0.486. The number of likely N-dealkylation sites (N-methyl/N-ethyl adjacent to an activating group) is 1. The van der Waals surface area contributed by atoms with Crippen molar-refractivity contribution in [3.8, 4) is 11.1 Å². The van der Waals surface area contributed by atoms with Crippen LogP contribution in [0.25, 0.3) is 11.1 Å². The Bertz CT molecular complexity index is 1620. The van der Waals surface area contributed by atoms with Gasteiger partial charge in [-0.2, -0.15) is 0 Å². The van der Waals surface area contributed by atoms with Crippen molar-refractivity contribution in [1.82, 2.24) is 19.8 Å². The number of rotatable bonds is 6. The molecule has 2 bridgehead atoms. The quantitative estimate of drug-likeness (QED) is 0.350. The highest BCUT2D eigenvalue weighted by Gasteiger charge is 2.29. The lowest BCUT2D eigenvalue weighted by Crippen LogP contribution is -2.40. The Balaban J connectivity index is 1.84. The van der Waals surface area contributed by atoms with Crippen molar-refractivity contribution in [2.45, 2.75) is 90.6 Å². The van der Waals surface area contributed by atoms with Gasteiger partial charge in [-0.25, -0.2) is 8.78 Å². The van der Waals surface area contributed by atoms with E-state index in [0.29, 0.717) is 49.0 Å². The summed E-state index contributed by atoms with van der Waals surface area (Å²) in [4.78, 5) is 45.9. The number of nitrogens with one attached hydrogen (secondary N) is 1. The van der Waals surface area contributed by atoms with Gasteiger partial charge in [0.25, 0.3) is 5.56 Å². The number of aliphatic carboxylic acids is 1. The molecule has 4 rings (SSSR count). The Kier molecular flexibility index (Phi) is 11.3. The number of aryl methyl sites for hydroxylation is 4. The summed E-state index contributed by atoms with van der Waals surface area (Å²) in [7, 11) is 3.88. The van der Waals surface area contributed by atoms with Crippen LogP contribution < -0.4 is 10.9 Å². The predicted octanol–water partition coefficient (Wildman–Crippen LogP) is 5.99. The summed E-state index contributed by atoms with van der Waals surface area (Å²) in [5.74, 6) is -2.73. The molecule has 3 aromatic rings. The second-order valence-corrected chi connectivity index (χ2v) is 12.5. The highest BCUT2D eigenvalue weighted by atomic mass is 19.1. The molecule has 0 saturated carbocycles. The number of benzene rings is 2. The van der Waals surface area contributed by atoms with Crippen LogP contribution in [-0.2, 0) is 22.4 Å². The van der Waals surface area contributed by atoms with Crippen LogP contribution in [0.3, 0.4) is 0 Å². The van der Waals surface area contributed by atoms with E-state index in [9.17, 15) is 23.9 Å². The summed E-state index contributed by atoms with van der Waals surface area (Å²) < 4.78 is 31.8. The Morgan fingerprint density at radius 2 is 1.73 bits per heavy atom. The molecular formula is C35H44F2N4O4. The van der Waals surface area contributed by atoms with Crippen LogP contribution in [0.5, 0.6) is 0 Å². The topological polar surface area (TPSA) is 105 Å². The van der Waals surface area contributed by atoms with Gasteiger partial charge in [-0.15, -0.1) is 0 Å². The van der Waals surface area contributed by atoms with Gasteiger partial charge in [-0.1, -0.05) is 25.7 Å². The van der Waals surface area contributed by atoms with Crippen molar-refractivity contribution in [3.05, 3.63) is 86.1 Å². The molecule has 242 valence electrons. The minimum absolute atomic E-state index is 0.0335. The third-order valence-electron chi connectivity index (χ3n) is 8.54. The van der Waals surface area contributed by atoms with Crippen LogP contribution in [0, 0.1) is 32.4 Å². The van der Waals surface area contributed by atoms with Crippen LogP contribution in [0.2, 0.25) is 0 Å². The zero-order chi connectivity index (χ0) is 32.8. The number of hydrogen-bond acceptors (Lipinski definition) is 5. The van der Waals surface area contributed by atoms with Crippen LogP contribution in [0.4, 0.5) is 8.78 Å². The van der Waals surface area contributed by atoms with E-state index in [1.54, 1.807) is 39.1 Å². The van der Waals surface area contributed by atoms with E-state index in [-0.39, 0.29) is 22.6 Å². The van der Waals surface area contributed by atoms with Crippen LogP contribution in [0.15, 0.2) is 35.3 Å². The first kappa shape index (κ1) is 34.0. The third-order valence-corrected chi connectivity index (χ3v) is 8.54. The fourth-order valence-electron chi connectivity index (χ4n) is 6.27. The summed E-state index contributed by atoms with van der Waals surface area (Å²) in [5.41, 5.74) is 3.79. The molecule has 45 heavy (non-hydrogen) atoms. The smallest absolute Gasteiger partial charge is 0.305 e. The average molecular weight is 623 g/mol. The number of carbonyl (C=O) groups is 2. The average Bonchev–Trinajstić information content (AvgIpc) is 2.95. The lowest BCUT2D eigenvalue weighted by Gasteiger charge is -2.26. The summed E-state index contributed by atoms with van der Waals surface area (Å²) in [6.45, 7) is 5.72. The Labute approximate surface area is 263 Å². The largest absolute Gasteiger partial charge is 0.481 e. The van der Waals surface area contributed by atoms with E-state index < -0.39 is 41.8 Å². The van der Waals surface area contributed by atoms with Crippen molar-refractivity contribution in [2.24, 2.45) is 0 Å². The van der Waals surface area contributed by atoms with Crippen LogP contribution >= 0.6 is 0 Å². The molecule has 1 aromatic heterocycles. The Hall–Kier alpha value is -3.92. The van der Waals surface area contributed by atoms with Gasteiger partial charge in [0.1, 0.15) is 23.4 Å². The molecule has 0 unspecified atom stereocenters. The minimum Gasteiger partial charge on any atom is -0.481 e. The van der Waals surface area contributed by atoms with Crippen molar-refractivity contribution < 1.29 is 23.5 Å². The Morgan fingerprint density at radius 1 is 1.02 bits per heavy atom. The zero-order valence-corrected chi connectivity index (χ0v) is 26.9. The second kappa shape index (κ2) is 14.9. The van der Waals surface area contributed by atoms with E-state index >= 15 is 4.39 Å². The third kappa shape index (κ3) is 8.42. The zero-order valence-electron chi connectivity index (χ0n) is 26.9. The molecule has 1 aliphatic heterocycles. The van der Waals surface area contributed by atoms with E-state index in [2.05, 4.69) is 10.3 Å². The summed E-state index contributed by atoms with van der Waals surface area (Å²) in [6, 6.07) is 4.08. The van der Waals surface area contributed by atoms with E-state index in [4.69, 9.17) is 0 Å². The highest BCUT2D eigenvalue weighted by Crippen LogP contribution is 2.35. The Morgan fingerprint density at radius 3 is 2.44 bits per heavy atom. The lowest BCUT2D eigenvalue weighted by molar-refractivity contribution is -0.138. The molecule has 0 aliphatic carbocycles. The van der Waals surface area contributed by atoms with Gasteiger partial charge in [-0.05, 0) is 106 Å². The number of amides is 1. The first-order chi connectivity index (χ1) is 21.3. The van der Waals surface area contributed by atoms with Crippen molar-refractivity contribution in [2.75, 3.05) is 20.6 Å². The monoisotopic (exact) mass is 622 g/mol. The fourth-order valence-corrected chi connectivity index (χ4v) is 6.27. The number of carbonyl (C=O) groups excluding carboxylic acids is 1. The number of hydrogen-bond donors (Lipinski definition) is 2. The molecule has 2 atom stereocenters. The molecule has 0 fully saturated rings. The summed E-state index contributed by atoms with van der Waals surface area (Å²) in [5, 5.41) is 12.6. The molecular weight excluding hydrogens is 578 g/mol. The molecule has 1 amide bonds. The second-order valence-electron chi connectivity index (χ2n) is 12.5. The van der Waals surface area contributed by atoms with Gasteiger partial charge in [-0.3, -0.25) is 23.9 Å². The molecule has 8 nitrogen and oxygen atoms in total. The molecule has 0 radical (unpaired) electrons. The maximum absolute atomic E-state index is 15.8. The number of nitrogens with zero attached hydrogens (tertiary/aromatic N) is 3. The first-order valence-corrected chi connectivity index (χ1v) is 15.7. The molecule has 1 aliphatic rings. The lowest BCUT2D eigenvalue weighted by atomic mass is 9.88. The normalized spacial score (nSPS) is 18.0. The maximum Gasteiger partial charge on any atom is 0.305 e. The molecule has 0 saturated heterocycles. The minimum atomic E-state index is -1.21. The van der Waals surface area contributed by atoms with Gasteiger partial charge in [0, 0.05) is 24.7 Å². The van der Waals surface area contributed by atoms with Gasteiger partial charge in [0.2, 0.25) is 5.91 Å². The predicted molar refractivity (Wildman–Crippen MR) is 170 cm³/mol. The van der Waals surface area contributed by atoms with Crippen LogP contribution in [-0.4, -0.2) is 52.1 Å². The number of carboxylic acids is 1. The maximum atomic E-state index is 15.8. The number of aromatic nitrogens is 2. The molecule has 2 N–H and O–H groups in total. The van der Waals surface area contributed by atoms with Gasteiger partial charge in [0.05, 0.1) is 18.2 Å². The van der Waals surface area contributed by atoms with E-state index in [1.165, 1.54) is 16.7 Å². The van der Waals surface area contributed by atoms with E-state index in [1.807, 2.05) is 19.0 Å². The number of fused-ring (bicyclic) bond motifs is 4. The van der Waals surface area contributed by atoms with Gasteiger partial charge >= 0.3 is 5.97 Å². The summed E-state index contributed by atoms with van der Waals surface area (Å²) >= 11 is 0. The van der Waals surface area contributed by atoms with E-state index in [0.717, 1.165) is 36.8 Å². The van der Waals surface area contributed by atoms with Crippen molar-refractivity contribution in [3.63, 3.8) is 0 Å². The SMILES string of the molecule is Cc1cc2cc(c1F)[C@H](CC(=O)O)NC(=O)[C@@H](n1cc(CCN(C)C)nc(C)c1=O)CCCCCCCc1cc(F)cc(C)c1-2. The first-order valence-electron chi connectivity index (χ1n) is 15.7. The molecule has 10 heteroatoms. The molecule has 2 aromatic carbocycles. The summed E-state index contributed by atoms with van der Waals surface area (Å²) in [6.07, 6.45) is 6.71. The van der Waals surface area contributed by atoms with Crippen molar-refractivity contribution in [1.29, 1.82) is 0 Å². The number of halogens is 2.